The monoisotopic (exact) mass is 180 g/mol. The maximum absolute atomic E-state index is 5.49. The van der Waals surface area contributed by atoms with Crippen LogP contribution in [0.25, 0.3) is 0 Å². The first-order valence-corrected chi connectivity index (χ1v) is 5.37. The molecule has 0 N–H and O–H groups in total. The second-order valence-corrected chi connectivity index (χ2v) is 3.97. The quantitative estimate of drug-likeness (QED) is 0.616. The van der Waals surface area contributed by atoms with Gasteiger partial charge in [-0.25, -0.2) is 0 Å². The number of hydrogen-bond acceptors (Lipinski definition) is 2. The third-order valence-corrected chi connectivity index (χ3v) is 2.80. The Kier molecular flexibility index (Phi) is 4.59. The van der Waals surface area contributed by atoms with Gasteiger partial charge in [0.2, 0.25) is 0 Å². The van der Waals surface area contributed by atoms with Gasteiger partial charge in [0.15, 0.2) is 0 Å². The predicted octanol–water partition coefficient (Wildman–Crippen LogP) is 2.14. The summed E-state index contributed by atoms with van der Waals surface area (Å²) in [6, 6.07) is 0. The third kappa shape index (κ3) is 3.13. The molecular formula is C7H13ClOS. The molecule has 0 amide bonds. The van der Waals surface area contributed by atoms with Crippen LogP contribution in [-0.4, -0.2) is 30.1 Å². The van der Waals surface area contributed by atoms with Crippen molar-refractivity contribution in [3.8, 4) is 0 Å². The van der Waals surface area contributed by atoms with Gasteiger partial charge in [-0.1, -0.05) is 0 Å². The van der Waals surface area contributed by atoms with Crippen molar-refractivity contribution in [3.63, 3.8) is 0 Å². The molecule has 3 heteroatoms. The predicted molar refractivity (Wildman–Crippen MR) is 47.0 cm³/mol. The fourth-order valence-corrected chi connectivity index (χ4v) is 2.21. The highest BCUT2D eigenvalue weighted by Gasteiger charge is 2.12. The minimum absolute atomic E-state index is 0.500. The van der Waals surface area contributed by atoms with E-state index in [0.29, 0.717) is 12.0 Å². The molecule has 60 valence electrons. The highest BCUT2D eigenvalue weighted by atomic mass is 35.5. The van der Waals surface area contributed by atoms with Crippen molar-refractivity contribution in [1.29, 1.82) is 0 Å². The molecule has 1 fully saturated rings. The molecule has 0 aromatic rings. The van der Waals surface area contributed by atoms with Crippen LogP contribution in [0, 0.1) is 0 Å². The van der Waals surface area contributed by atoms with Gasteiger partial charge >= 0.3 is 0 Å². The normalized spacial score (nSPS) is 21.3. The van der Waals surface area contributed by atoms with E-state index in [1.807, 2.05) is 11.8 Å². The highest BCUT2D eigenvalue weighted by Crippen LogP contribution is 2.19. The topological polar surface area (TPSA) is 9.23 Å². The van der Waals surface area contributed by atoms with E-state index in [4.69, 9.17) is 16.3 Å². The molecule has 1 saturated heterocycles. The highest BCUT2D eigenvalue weighted by molar-refractivity contribution is 7.99. The molecule has 0 bridgehead atoms. The van der Waals surface area contributed by atoms with Gasteiger partial charge in [0, 0.05) is 5.88 Å². The molecule has 0 radical (unpaired) electrons. The summed E-state index contributed by atoms with van der Waals surface area (Å²) in [5.41, 5.74) is 0. The summed E-state index contributed by atoms with van der Waals surface area (Å²) in [5, 5.41) is 0. The summed E-state index contributed by atoms with van der Waals surface area (Å²) in [7, 11) is 0. The van der Waals surface area contributed by atoms with Crippen LogP contribution >= 0.6 is 23.4 Å². The number of thioether (sulfide) groups is 1. The number of rotatable bonds is 3. The third-order valence-electron chi connectivity index (χ3n) is 1.60. The van der Waals surface area contributed by atoms with Crippen LogP contribution in [0.1, 0.15) is 12.8 Å². The largest absolute Gasteiger partial charge is 0.377 e. The molecule has 1 aliphatic rings. The first-order valence-electron chi connectivity index (χ1n) is 3.69. The van der Waals surface area contributed by atoms with Crippen molar-refractivity contribution in [2.45, 2.75) is 18.9 Å². The van der Waals surface area contributed by atoms with Crippen LogP contribution < -0.4 is 0 Å². The minimum Gasteiger partial charge on any atom is -0.377 e. The Morgan fingerprint density at radius 2 is 2.10 bits per heavy atom. The first-order chi connectivity index (χ1) is 4.93. The second-order valence-electron chi connectivity index (χ2n) is 2.37. The number of halogens is 1. The lowest BCUT2D eigenvalue weighted by molar-refractivity contribution is 0.0589. The first kappa shape index (κ1) is 8.69. The van der Waals surface area contributed by atoms with E-state index in [1.165, 1.54) is 24.3 Å². The Labute approximate surface area is 71.5 Å². The summed E-state index contributed by atoms with van der Waals surface area (Å²) in [4.78, 5) is 0. The van der Waals surface area contributed by atoms with Crippen molar-refractivity contribution in [2.75, 3.05) is 24.0 Å². The van der Waals surface area contributed by atoms with Crippen molar-refractivity contribution >= 4 is 23.4 Å². The summed E-state index contributed by atoms with van der Waals surface area (Å²) in [6.45, 7) is 0.719. The lowest BCUT2D eigenvalue weighted by Gasteiger charge is -2.20. The van der Waals surface area contributed by atoms with E-state index in [0.717, 1.165) is 6.61 Å². The SMILES string of the molecule is ClCCOC1CCSCC1. The van der Waals surface area contributed by atoms with Gasteiger partial charge < -0.3 is 4.74 Å². The van der Waals surface area contributed by atoms with Crippen molar-refractivity contribution in [2.24, 2.45) is 0 Å². The standard InChI is InChI=1S/C7H13ClOS/c8-3-4-9-7-1-5-10-6-2-7/h7H,1-6H2. The molecule has 10 heavy (non-hydrogen) atoms. The zero-order valence-electron chi connectivity index (χ0n) is 6.01. The van der Waals surface area contributed by atoms with Crippen LogP contribution in [-0.2, 0) is 4.74 Å². The van der Waals surface area contributed by atoms with E-state index in [1.54, 1.807) is 0 Å². The number of alkyl halides is 1. The van der Waals surface area contributed by atoms with Gasteiger partial charge in [0.05, 0.1) is 12.7 Å². The van der Waals surface area contributed by atoms with Crippen LogP contribution in [0.15, 0.2) is 0 Å². The number of ether oxygens (including phenoxy) is 1. The van der Waals surface area contributed by atoms with E-state index < -0.39 is 0 Å². The molecule has 1 aliphatic heterocycles. The molecule has 0 saturated carbocycles. The summed E-state index contributed by atoms with van der Waals surface area (Å²) in [5.74, 6) is 3.14. The second kappa shape index (κ2) is 5.28. The molecular weight excluding hydrogens is 168 g/mol. The summed E-state index contributed by atoms with van der Waals surface area (Å²) >= 11 is 7.51. The Hall–Kier alpha value is 0.600. The maximum atomic E-state index is 5.49. The van der Waals surface area contributed by atoms with E-state index >= 15 is 0 Å². The molecule has 0 spiro atoms. The molecule has 0 aromatic heterocycles. The Balaban J connectivity index is 2.02. The molecule has 0 atom stereocenters. The lowest BCUT2D eigenvalue weighted by Crippen LogP contribution is -2.19. The minimum atomic E-state index is 0.500. The van der Waals surface area contributed by atoms with E-state index in [-0.39, 0.29) is 0 Å². The maximum Gasteiger partial charge on any atom is 0.0605 e. The van der Waals surface area contributed by atoms with Gasteiger partial charge in [-0.2, -0.15) is 11.8 Å². The zero-order chi connectivity index (χ0) is 7.23. The van der Waals surface area contributed by atoms with Gasteiger partial charge in [0.1, 0.15) is 0 Å². The van der Waals surface area contributed by atoms with Crippen molar-refractivity contribution < 1.29 is 4.74 Å². The molecule has 0 unspecified atom stereocenters. The molecule has 0 aliphatic carbocycles. The Morgan fingerprint density at radius 3 is 2.70 bits per heavy atom. The fourth-order valence-electron chi connectivity index (χ4n) is 1.05. The molecule has 1 rings (SSSR count). The van der Waals surface area contributed by atoms with Crippen molar-refractivity contribution in [1.82, 2.24) is 0 Å². The van der Waals surface area contributed by atoms with Crippen LogP contribution in [0.5, 0.6) is 0 Å². The average Bonchev–Trinajstić information content (AvgIpc) is 2.03. The number of hydrogen-bond donors (Lipinski definition) is 0. The lowest BCUT2D eigenvalue weighted by atomic mass is 10.2. The summed E-state index contributed by atoms with van der Waals surface area (Å²) < 4.78 is 5.49. The Bertz CT molecular complexity index is 83.7. The van der Waals surface area contributed by atoms with Crippen LogP contribution in [0.3, 0.4) is 0 Å². The zero-order valence-corrected chi connectivity index (χ0v) is 7.59. The van der Waals surface area contributed by atoms with E-state index in [9.17, 15) is 0 Å². The molecule has 0 aromatic carbocycles. The Morgan fingerprint density at radius 1 is 1.40 bits per heavy atom. The van der Waals surface area contributed by atoms with Crippen LogP contribution in [0.4, 0.5) is 0 Å². The van der Waals surface area contributed by atoms with Gasteiger partial charge in [-0.3, -0.25) is 0 Å². The fraction of sp³-hybridized carbons (Fsp3) is 1.00. The molecule has 1 heterocycles. The average molecular weight is 181 g/mol. The van der Waals surface area contributed by atoms with E-state index in [2.05, 4.69) is 0 Å². The van der Waals surface area contributed by atoms with Gasteiger partial charge in [0.25, 0.3) is 0 Å². The van der Waals surface area contributed by atoms with Gasteiger partial charge in [-0.05, 0) is 24.3 Å². The smallest absolute Gasteiger partial charge is 0.0605 e. The summed E-state index contributed by atoms with van der Waals surface area (Å²) in [6.07, 6.45) is 2.92. The van der Waals surface area contributed by atoms with Gasteiger partial charge in [-0.15, -0.1) is 11.6 Å². The van der Waals surface area contributed by atoms with Crippen molar-refractivity contribution in [3.05, 3.63) is 0 Å². The molecule has 1 nitrogen and oxygen atoms in total. The van der Waals surface area contributed by atoms with Crippen LogP contribution in [0.2, 0.25) is 0 Å².